The van der Waals surface area contributed by atoms with Crippen molar-refractivity contribution in [1.29, 1.82) is 0 Å². The predicted octanol–water partition coefficient (Wildman–Crippen LogP) is 2.34. The third-order valence-electron chi connectivity index (χ3n) is 1.88. The van der Waals surface area contributed by atoms with Crippen LogP contribution in [0.15, 0.2) is 16.5 Å². The Labute approximate surface area is 88.4 Å². The van der Waals surface area contributed by atoms with Crippen LogP contribution in [0.3, 0.4) is 0 Å². The summed E-state index contributed by atoms with van der Waals surface area (Å²) in [7, 11) is 0. The lowest BCUT2D eigenvalue weighted by Gasteiger charge is -2.10. The first-order chi connectivity index (χ1) is 6.63. The first-order valence-electron chi connectivity index (χ1n) is 4.56. The lowest BCUT2D eigenvalue weighted by atomic mass is 10.2. The van der Waals surface area contributed by atoms with E-state index in [1.54, 1.807) is 19.1 Å². The van der Waals surface area contributed by atoms with E-state index in [4.69, 9.17) is 16.0 Å². The second kappa shape index (κ2) is 5.05. The van der Waals surface area contributed by atoms with Gasteiger partial charge in [-0.15, -0.1) is 11.6 Å². The lowest BCUT2D eigenvalue weighted by molar-refractivity contribution is 0.0910. The number of hydrogen-bond donors (Lipinski definition) is 1. The third kappa shape index (κ3) is 3.07. The first-order valence-corrected chi connectivity index (χ1v) is 5.10. The summed E-state index contributed by atoms with van der Waals surface area (Å²) in [6.07, 6.45) is 0.757. The molecule has 0 aliphatic heterocycles. The number of nitrogens with one attached hydrogen (secondary N) is 1. The molecule has 1 aromatic rings. The van der Waals surface area contributed by atoms with Gasteiger partial charge in [-0.2, -0.15) is 0 Å². The Balaban J connectivity index is 2.50. The molecule has 4 heteroatoms. The molecular formula is C10H14ClNO2. The molecule has 3 nitrogen and oxygen atoms in total. The van der Waals surface area contributed by atoms with Crippen molar-refractivity contribution >= 4 is 17.5 Å². The topological polar surface area (TPSA) is 42.2 Å². The molecule has 0 aliphatic rings. The van der Waals surface area contributed by atoms with E-state index >= 15 is 0 Å². The zero-order valence-corrected chi connectivity index (χ0v) is 9.10. The standard InChI is InChI=1S/C10H14ClNO2/c1-7(5-6-11)12-10(13)9-4-3-8(2)14-9/h3-4,7H,5-6H2,1-2H3,(H,12,13). The number of carbonyl (C=O) groups excluding carboxylic acids is 1. The monoisotopic (exact) mass is 215 g/mol. The summed E-state index contributed by atoms with van der Waals surface area (Å²) < 4.78 is 5.18. The highest BCUT2D eigenvalue weighted by Crippen LogP contribution is 2.06. The van der Waals surface area contributed by atoms with Crippen LogP contribution >= 0.6 is 11.6 Å². The number of hydrogen-bond acceptors (Lipinski definition) is 2. The van der Waals surface area contributed by atoms with E-state index in [0.29, 0.717) is 11.6 Å². The van der Waals surface area contributed by atoms with E-state index < -0.39 is 0 Å². The molecule has 1 rings (SSSR count). The summed E-state index contributed by atoms with van der Waals surface area (Å²) in [5, 5.41) is 2.79. The minimum absolute atomic E-state index is 0.0745. The van der Waals surface area contributed by atoms with Crippen LogP contribution in [0, 0.1) is 6.92 Å². The van der Waals surface area contributed by atoms with Gasteiger partial charge >= 0.3 is 0 Å². The quantitative estimate of drug-likeness (QED) is 0.784. The summed E-state index contributed by atoms with van der Waals surface area (Å²) in [6.45, 7) is 3.72. The third-order valence-corrected chi connectivity index (χ3v) is 2.10. The zero-order valence-electron chi connectivity index (χ0n) is 8.34. The van der Waals surface area contributed by atoms with Gasteiger partial charge in [0.15, 0.2) is 5.76 Å². The summed E-state index contributed by atoms with van der Waals surface area (Å²) in [5.74, 6) is 1.44. The summed E-state index contributed by atoms with van der Waals surface area (Å²) in [5.41, 5.74) is 0. The fourth-order valence-electron chi connectivity index (χ4n) is 1.09. The minimum Gasteiger partial charge on any atom is -0.456 e. The van der Waals surface area contributed by atoms with Crippen molar-refractivity contribution in [3.05, 3.63) is 23.7 Å². The molecule has 1 atom stereocenters. The molecule has 1 N–H and O–H groups in total. The average molecular weight is 216 g/mol. The van der Waals surface area contributed by atoms with Gasteiger partial charge < -0.3 is 9.73 Å². The number of halogens is 1. The Morgan fingerprint density at radius 3 is 2.86 bits per heavy atom. The SMILES string of the molecule is Cc1ccc(C(=O)NC(C)CCCl)o1. The minimum atomic E-state index is -0.185. The van der Waals surface area contributed by atoms with E-state index in [1.165, 1.54) is 0 Å². The molecular weight excluding hydrogens is 202 g/mol. The van der Waals surface area contributed by atoms with Crippen molar-refractivity contribution in [2.75, 3.05) is 5.88 Å². The maximum atomic E-state index is 11.5. The summed E-state index contributed by atoms with van der Waals surface area (Å²) >= 11 is 5.56. The first kappa shape index (κ1) is 11.1. The molecule has 0 saturated heterocycles. The highest BCUT2D eigenvalue weighted by Gasteiger charge is 2.12. The average Bonchev–Trinajstić information content (AvgIpc) is 2.52. The van der Waals surface area contributed by atoms with Gasteiger partial charge in [-0.25, -0.2) is 0 Å². The lowest BCUT2D eigenvalue weighted by Crippen LogP contribution is -2.32. The van der Waals surface area contributed by atoms with Crippen LogP contribution in [0.1, 0.15) is 29.7 Å². The molecule has 14 heavy (non-hydrogen) atoms. The van der Waals surface area contributed by atoms with Crippen molar-refractivity contribution in [1.82, 2.24) is 5.32 Å². The molecule has 0 fully saturated rings. The second-order valence-corrected chi connectivity index (χ2v) is 3.64. The summed E-state index contributed by atoms with van der Waals surface area (Å²) in [4.78, 5) is 11.5. The fraction of sp³-hybridized carbons (Fsp3) is 0.500. The molecule has 1 unspecified atom stereocenters. The van der Waals surface area contributed by atoms with E-state index in [2.05, 4.69) is 5.32 Å². The number of carbonyl (C=O) groups is 1. The van der Waals surface area contributed by atoms with Gasteiger partial charge in [0.05, 0.1) is 0 Å². The molecule has 78 valence electrons. The van der Waals surface area contributed by atoms with Gasteiger partial charge in [0.25, 0.3) is 5.91 Å². The second-order valence-electron chi connectivity index (χ2n) is 3.26. The Morgan fingerprint density at radius 2 is 2.36 bits per heavy atom. The molecule has 1 amide bonds. The van der Waals surface area contributed by atoms with Gasteiger partial charge in [-0.05, 0) is 32.4 Å². The maximum Gasteiger partial charge on any atom is 0.287 e. The van der Waals surface area contributed by atoms with Crippen molar-refractivity contribution in [3.63, 3.8) is 0 Å². The van der Waals surface area contributed by atoms with E-state index in [0.717, 1.165) is 12.2 Å². The van der Waals surface area contributed by atoms with Crippen LogP contribution in [0.5, 0.6) is 0 Å². The smallest absolute Gasteiger partial charge is 0.287 e. The largest absolute Gasteiger partial charge is 0.456 e. The Hall–Kier alpha value is -0.960. The molecule has 0 spiro atoms. The number of rotatable bonds is 4. The fourth-order valence-corrected chi connectivity index (χ4v) is 1.41. The van der Waals surface area contributed by atoms with Crippen molar-refractivity contribution in [3.8, 4) is 0 Å². The molecule has 0 bridgehead atoms. The molecule has 1 heterocycles. The van der Waals surface area contributed by atoms with Crippen LogP contribution in [-0.2, 0) is 0 Å². The van der Waals surface area contributed by atoms with Gasteiger partial charge in [0, 0.05) is 11.9 Å². The van der Waals surface area contributed by atoms with Crippen LogP contribution in [0.25, 0.3) is 0 Å². The molecule has 0 saturated carbocycles. The van der Waals surface area contributed by atoms with Crippen molar-refractivity contribution in [2.24, 2.45) is 0 Å². The van der Waals surface area contributed by atoms with Gasteiger partial charge in [0.1, 0.15) is 5.76 Å². The molecule has 1 aromatic heterocycles. The van der Waals surface area contributed by atoms with Gasteiger partial charge in [-0.3, -0.25) is 4.79 Å². The molecule has 0 aliphatic carbocycles. The Morgan fingerprint density at radius 1 is 1.64 bits per heavy atom. The normalized spacial score (nSPS) is 12.5. The number of furan rings is 1. The van der Waals surface area contributed by atoms with Gasteiger partial charge in [-0.1, -0.05) is 0 Å². The van der Waals surface area contributed by atoms with Crippen molar-refractivity contribution < 1.29 is 9.21 Å². The number of aryl methyl sites for hydroxylation is 1. The highest BCUT2D eigenvalue weighted by atomic mass is 35.5. The Bertz CT molecular complexity index is 309. The van der Waals surface area contributed by atoms with Crippen LogP contribution in [-0.4, -0.2) is 17.8 Å². The molecule has 0 aromatic carbocycles. The van der Waals surface area contributed by atoms with E-state index in [9.17, 15) is 4.79 Å². The van der Waals surface area contributed by atoms with E-state index in [1.807, 2.05) is 6.92 Å². The van der Waals surface area contributed by atoms with Crippen molar-refractivity contribution in [2.45, 2.75) is 26.3 Å². The van der Waals surface area contributed by atoms with Crippen LogP contribution in [0.4, 0.5) is 0 Å². The van der Waals surface area contributed by atoms with Gasteiger partial charge in [0.2, 0.25) is 0 Å². The van der Waals surface area contributed by atoms with Crippen LogP contribution < -0.4 is 5.32 Å². The maximum absolute atomic E-state index is 11.5. The number of amides is 1. The van der Waals surface area contributed by atoms with Crippen LogP contribution in [0.2, 0.25) is 0 Å². The number of alkyl halides is 1. The predicted molar refractivity (Wildman–Crippen MR) is 55.7 cm³/mol. The highest BCUT2D eigenvalue weighted by molar-refractivity contribution is 6.17. The summed E-state index contributed by atoms with van der Waals surface area (Å²) in [6, 6.07) is 3.50. The molecule has 0 radical (unpaired) electrons. The Kier molecular flexibility index (Phi) is 4.01. The van der Waals surface area contributed by atoms with E-state index in [-0.39, 0.29) is 11.9 Å². The zero-order chi connectivity index (χ0) is 10.6.